The summed E-state index contributed by atoms with van der Waals surface area (Å²) in [6.45, 7) is 4.80. The first-order valence-electron chi connectivity index (χ1n) is 5.59. The molecule has 0 saturated heterocycles. The van der Waals surface area contributed by atoms with E-state index in [0.717, 1.165) is 24.3 Å². The number of fused-ring (bicyclic) bond motifs is 1. The first-order chi connectivity index (χ1) is 8.15. The first kappa shape index (κ1) is 12.0. The van der Waals surface area contributed by atoms with E-state index in [1.165, 1.54) is 10.4 Å². The summed E-state index contributed by atoms with van der Waals surface area (Å²) in [6, 6.07) is 7.48. The fourth-order valence-corrected chi connectivity index (χ4v) is 3.28. The van der Waals surface area contributed by atoms with Crippen molar-refractivity contribution in [3.05, 3.63) is 36.9 Å². The molecule has 0 aliphatic carbocycles. The smallest absolute Gasteiger partial charge is 0.238 e. The molecular formula is C12H16N2O2S. The second-order valence-corrected chi connectivity index (χ2v) is 5.87. The van der Waals surface area contributed by atoms with Gasteiger partial charge in [-0.3, -0.25) is 4.31 Å². The van der Waals surface area contributed by atoms with E-state index in [1.54, 1.807) is 0 Å². The van der Waals surface area contributed by atoms with Gasteiger partial charge in [0.25, 0.3) is 0 Å². The lowest BCUT2D eigenvalue weighted by molar-refractivity contribution is 0.593. The number of para-hydroxylation sites is 2. The Balaban J connectivity index is 2.45. The van der Waals surface area contributed by atoms with Crippen LogP contribution in [0, 0.1) is 0 Å². The average Bonchev–Trinajstić information content (AvgIpc) is 2.51. The predicted octanol–water partition coefficient (Wildman–Crippen LogP) is 1.82. The van der Waals surface area contributed by atoms with Gasteiger partial charge in [0.05, 0.1) is 17.1 Å². The third kappa shape index (κ3) is 2.44. The summed E-state index contributed by atoms with van der Waals surface area (Å²) >= 11 is 0. The van der Waals surface area contributed by atoms with E-state index in [2.05, 4.69) is 11.9 Å². The quantitative estimate of drug-likeness (QED) is 0.835. The number of sulfonamides is 1. The summed E-state index contributed by atoms with van der Waals surface area (Å²) in [5, 5.41) is 3.24. The Bertz CT molecular complexity index is 511. The lowest BCUT2D eigenvalue weighted by Gasteiger charge is -2.23. The van der Waals surface area contributed by atoms with Crippen LogP contribution in [0.1, 0.15) is 6.42 Å². The van der Waals surface area contributed by atoms with Gasteiger partial charge in [-0.15, -0.1) is 6.58 Å². The highest BCUT2D eigenvalue weighted by atomic mass is 32.2. The molecule has 0 unspecified atom stereocenters. The molecule has 1 aromatic rings. The normalized spacial score (nSPS) is 15.6. The Labute approximate surface area is 102 Å². The van der Waals surface area contributed by atoms with E-state index in [-0.39, 0.29) is 5.75 Å². The van der Waals surface area contributed by atoms with Crippen LogP contribution >= 0.6 is 0 Å². The van der Waals surface area contributed by atoms with E-state index in [9.17, 15) is 8.42 Å². The third-order valence-electron chi connectivity index (χ3n) is 2.69. The van der Waals surface area contributed by atoms with Crippen molar-refractivity contribution in [1.82, 2.24) is 0 Å². The molecule has 0 amide bonds. The van der Waals surface area contributed by atoms with Gasteiger partial charge in [-0.2, -0.15) is 0 Å². The molecule has 0 fully saturated rings. The highest BCUT2D eigenvalue weighted by Gasteiger charge is 2.24. The largest absolute Gasteiger partial charge is 0.383 e. The van der Waals surface area contributed by atoms with E-state index < -0.39 is 10.0 Å². The van der Waals surface area contributed by atoms with Crippen molar-refractivity contribution in [1.29, 1.82) is 0 Å². The van der Waals surface area contributed by atoms with Crippen molar-refractivity contribution in [3.8, 4) is 0 Å². The molecule has 0 atom stereocenters. The fourth-order valence-electron chi connectivity index (χ4n) is 1.93. The number of hydrogen-bond donors (Lipinski definition) is 1. The Morgan fingerprint density at radius 3 is 2.94 bits per heavy atom. The zero-order valence-electron chi connectivity index (χ0n) is 9.59. The highest BCUT2D eigenvalue weighted by molar-refractivity contribution is 7.92. The third-order valence-corrected chi connectivity index (χ3v) is 4.40. The van der Waals surface area contributed by atoms with E-state index in [0.29, 0.717) is 6.54 Å². The second-order valence-electron chi connectivity index (χ2n) is 3.94. The van der Waals surface area contributed by atoms with Crippen LogP contribution in [0.3, 0.4) is 0 Å². The van der Waals surface area contributed by atoms with Crippen LogP contribution < -0.4 is 9.62 Å². The molecule has 1 heterocycles. The molecule has 17 heavy (non-hydrogen) atoms. The fraction of sp³-hybridized carbons (Fsp3) is 0.333. The molecule has 1 N–H and O–H groups in total. The molecule has 0 radical (unpaired) electrons. The van der Waals surface area contributed by atoms with Crippen molar-refractivity contribution in [3.63, 3.8) is 0 Å². The maximum absolute atomic E-state index is 12.1. The van der Waals surface area contributed by atoms with Gasteiger partial charge < -0.3 is 5.32 Å². The summed E-state index contributed by atoms with van der Waals surface area (Å²) < 4.78 is 25.7. The minimum atomic E-state index is -3.29. The van der Waals surface area contributed by atoms with Crippen molar-refractivity contribution in [2.75, 3.05) is 28.5 Å². The maximum Gasteiger partial charge on any atom is 0.238 e. The summed E-state index contributed by atoms with van der Waals surface area (Å²) in [4.78, 5) is 0. The SMILES string of the molecule is C=CCS(=O)(=O)N1CCCNc2ccccc21. The average molecular weight is 252 g/mol. The molecule has 1 aliphatic rings. The topological polar surface area (TPSA) is 49.4 Å². The van der Waals surface area contributed by atoms with Gasteiger partial charge in [0.2, 0.25) is 10.0 Å². The first-order valence-corrected chi connectivity index (χ1v) is 7.20. The van der Waals surface area contributed by atoms with E-state index >= 15 is 0 Å². The number of rotatable bonds is 3. The zero-order valence-corrected chi connectivity index (χ0v) is 10.4. The van der Waals surface area contributed by atoms with Crippen molar-refractivity contribution < 1.29 is 8.42 Å². The van der Waals surface area contributed by atoms with Crippen molar-refractivity contribution >= 4 is 21.4 Å². The Morgan fingerprint density at radius 1 is 1.41 bits per heavy atom. The van der Waals surface area contributed by atoms with Gasteiger partial charge in [-0.1, -0.05) is 18.2 Å². The number of anilines is 2. The molecular weight excluding hydrogens is 236 g/mol. The molecule has 2 rings (SSSR count). The van der Waals surface area contributed by atoms with Gasteiger partial charge in [0, 0.05) is 13.1 Å². The Morgan fingerprint density at radius 2 is 2.18 bits per heavy atom. The van der Waals surface area contributed by atoms with Gasteiger partial charge in [0.15, 0.2) is 0 Å². The van der Waals surface area contributed by atoms with Crippen molar-refractivity contribution in [2.45, 2.75) is 6.42 Å². The molecule has 5 heteroatoms. The second kappa shape index (κ2) is 4.79. The van der Waals surface area contributed by atoms with Crippen LogP contribution in [0.4, 0.5) is 11.4 Å². The van der Waals surface area contributed by atoms with Crippen LogP contribution in [0.15, 0.2) is 36.9 Å². The molecule has 0 aromatic heterocycles. The minimum Gasteiger partial charge on any atom is -0.383 e. The Hall–Kier alpha value is -1.49. The molecule has 0 spiro atoms. The van der Waals surface area contributed by atoms with Crippen LogP contribution in [-0.4, -0.2) is 27.3 Å². The van der Waals surface area contributed by atoms with Crippen LogP contribution in [0.25, 0.3) is 0 Å². The summed E-state index contributed by atoms with van der Waals surface area (Å²) in [7, 11) is -3.29. The van der Waals surface area contributed by atoms with Crippen LogP contribution in [0.2, 0.25) is 0 Å². The molecule has 4 nitrogen and oxygen atoms in total. The number of nitrogens with zero attached hydrogens (tertiary/aromatic N) is 1. The lowest BCUT2D eigenvalue weighted by Crippen LogP contribution is -2.33. The standard InChI is InChI=1S/C12H16N2O2S/c1-2-10-17(15,16)14-9-5-8-13-11-6-3-4-7-12(11)14/h2-4,6-7,13H,1,5,8-10H2. The molecule has 1 aliphatic heterocycles. The van der Waals surface area contributed by atoms with E-state index in [4.69, 9.17) is 0 Å². The zero-order chi connectivity index (χ0) is 12.3. The van der Waals surface area contributed by atoms with Gasteiger partial charge >= 0.3 is 0 Å². The highest BCUT2D eigenvalue weighted by Crippen LogP contribution is 2.30. The van der Waals surface area contributed by atoms with Gasteiger partial charge in [-0.05, 0) is 18.6 Å². The van der Waals surface area contributed by atoms with E-state index in [1.807, 2.05) is 24.3 Å². The minimum absolute atomic E-state index is 0.0265. The molecule has 0 bridgehead atoms. The van der Waals surface area contributed by atoms with Gasteiger partial charge in [-0.25, -0.2) is 8.42 Å². The summed E-state index contributed by atoms with van der Waals surface area (Å²) in [5.74, 6) is -0.0265. The maximum atomic E-state index is 12.1. The van der Waals surface area contributed by atoms with Gasteiger partial charge in [0.1, 0.15) is 0 Å². The molecule has 1 aromatic carbocycles. The summed E-state index contributed by atoms with van der Waals surface area (Å²) in [6.07, 6.45) is 2.22. The van der Waals surface area contributed by atoms with Crippen LogP contribution in [-0.2, 0) is 10.0 Å². The van der Waals surface area contributed by atoms with Crippen LogP contribution in [0.5, 0.6) is 0 Å². The predicted molar refractivity (Wildman–Crippen MR) is 70.9 cm³/mol. The lowest BCUT2D eigenvalue weighted by atomic mass is 10.2. The number of benzene rings is 1. The van der Waals surface area contributed by atoms with Crippen molar-refractivity contribution in [2.24, 2.45) is 0 Å². The summed E-state index contributed by atoms with van der Waals surface area (Å²) in [5.41, 5.74) is 1.60. The number of nitrogens with one attached hydrogen (secondary N) is 1. The Kier molecular flexibility index (Phi) is 3.38. The monoisotopic (exact) mass is 252 g/mol. The molecule has 0 saturated carbocycles. The molecule has 92 valence electrons. The number of hydrogen-bond acceptors (Lipinski definition) is 3.